The number of hydrogen-bond donors (Lipinski definition) is 0. The molecule has 0 spiro atoms. The molecule has 0 aliphatic heterocycles. The van der Waals surface area contributed by atoms with Crippen molar-refractivity contribution in [1.82, 2.24) is 0 Å². The van der Waals surface area contributed by atoms with Crippen LogP contribution in [-0.2, 0) is 12.8 Å². The molecule has 1 heteroatoms. The monoisotopic (exact) mass is 270 g/mol. The zero-order chi connectivity index (χ0) is 15.4. The Morgan fingerprint density at radius 3 is 2.40 bits per heavy atom. The van der Waals surface area contributed by atoms with Crippen LogP contribution in [0.5, 0.6) is 0 Å². The minimum absolute atomic E-state index is 0.333. The predicted molar refractivity (Wildman–Crippen MR) is 92.5 cm³/mol. The van der Waals surface area contributed by atoms with Crippen LogP contribution in [0.25, 0.3) is 0 Å². The van der Waals surface area contributed by atoms with Crippen molar-refractivity contribution in [2.24, 2.45) is 10.8 Å². The third-order valence-corrected chi connectivity index (χ3v) is 3.97. The van der Waals surface area contributed by atoms with Crippen molar-refractivity contribution < 1.29 is 0 Å². The SMILES string of the molecule is C=C(Cc1cccbc1CC(C)(C)C)CC(C)(C)CC. The summed E-state index contributed by atoms with van der Waals surface area (Å²) >= 11 is 0. The first-order chi connectivity index (χ1) is 9.13. The van der Waals surface area contributed by atoms with Gasteiger partial charge >= 0.3 is 126 Å². The van der Waals surface area contributed by atoms with Crippen LogP contribution in [0.4, 0.5) is 0 Å². The molecular formula is C19H31B. The van der Waals surface area contributed by atoms with Gasteiger partial charge in [0.15, 0.2) is 0 Å². The van der Waals surface area contributed by atoms with E-state index >= 15 is 0 Å². The van der Waals surface area contributed by atoms with Gasteiger partial charge in [0.1, 0.15) is 0 Å². The molecule has 0 radical (unpaired) electrons. The first kappa shape index (κ1) is 17.2. The summed E-state index contributed by atoms with van der Waals surface area (Å²) in [5.74, 6) is 2.16. The molecule has 0 saturated heterocycles. The molecule has 0 amide bonds. The van der Waals surface area contributed by atoms with Gasteiger partial charge in [-0.25, -0.2) is 0 Å². The molecule has 0 saturated carbocycles. The van der Waals surface area contributed by atoms with E-state index in [0.717, 1.165) is 19.3 Å². The van der Waals surface area contributed by atoms with Crippen LogP contribution in [0.1, 0.15) is 65.4 Å². The molecule has 0 aliphatic carbocycles. The Morgan fingerprint density at radius 2 is 1.85 bits per heavy atom. The van der Waals surface area contributed by atoms with Crippen LogP contribution in [-0.4, -0.2) is 6.91 Å². The minimum atomic E-state index is 0.333. The molecule has 0 aliphatic rings. The normalized spacial score (nSPS) is 12.3. The summed E-state index contributed by atoms with van der Waals surface area (Å²) in [6.45, 7) is 20.4. The topological polar surface area (TPSA) is 0 Å². The third-order valence-electron chi connectivity index (χ3n) is 3.97. The Kier molecular flexibility index (Phi) is 5.80. The Morgan fingerprint density at radius 1 is 1.20 bits per heavy atom. The molecule has 0 bridgehead atoms. The Bertz CT molecular complexity index is 449. The second-order valence-electron chi connectivity index (χ2n) is 8.13. The third kappa shape index (κ3) is 6.07. The van der Waals surface area contributed by atoms with E-state index in [0.29, 0.717) is 10.8 Å². The second-order valence-corrected chi connectivity index (χ2v) is 8.13. The molecule has 0 unspecified atom stereocenters. The maximum atomic E-state index is 4.32. The first-order valence-corrected chi connectivity index (χ1v) is 7.86. The van der Waals surface area contributed by atoms with Crippen LogP contribution in [0, 0.1) is 10.8 Å². The van der Waals surface area contributed by atoms with Crippen molar-refractivity contribution in [2.75, 3.05) is 0 Å². The molecule has 1 aromatic rings. The van der Waals surface area contributed by atoms with Crippen LogP contribution in [0.2, 0.25) is 0 Å². The van der Waals surface area contributed by atoms with Gasteiger partial charge in [-0.3, -0.25) is 0 Å². The van der Waals surface area contributed by atoms with Crippen molar-refractivity contribution in [3.05, 3.63) is 41.3 Å². The molecular weight excluding hydrogens is 239 g/mol. The average Bonchev–Trinajstić information content (AvgIpc) is 2.29. The van der Waals surface area contributed by atoms with Gasteiger partial charge in [-0.2, -0.15) is 0 Å². The van der Waals surface area contributed by atoms with Gasteiger partial charge < -0.3 is 0 Å². The van der Waals surface area contributed by atoms with Gasteiger partial charge in [-0.1, -0.05) is 0 Å². The van der Waals surface area contributed by atoms with Crippen molar-refractivity contribution in [2.45, 2.75) is 67.2 Å². The summed E-state index contributed by atoms with van der Waals surface area (Å²) in [6, 6.07) is 4.42. The first-order valence-electron chi connectivity index (χ1n) is 7.86. The molecule has 0 fully saturated rings. The van der Waals surface area contributed by atoms with Gasteiger partial charge in [0.25, 0.3) is 0 Å². The van der Waals surface area contributed by atoms with Gasteiger partial charge in [0.05, 0.1) is 0 Å². The fourth-order valence-corrected chi connectivity index (χ4v) is 2.61. The number of rotatable bonds is 6. The predicted octanol–water partition coefficient (Wildman–Crippen LogP) is 5.54. The van der Waals surface area contributed by atoms with Crippen LogP contribution < -0.4 is 0 Å². The van der Waals surface area contributed by atoms with Crippen LogP contribution in [0.3, 0.4) is 0 Å². The Hall–Kier alpha value is -0.845. The summed E-state index contributed by atoms with van der Waals surface area (Å²) < 4.78 is 0. The zero-order valence-corrected chi connectivity index (χ0v) is 14.3. The summed E-state index contributed by atoms with van der Waals surface area (Å²) in [5.41, 5.74) is 5.00. The molecule has 1 heterocycles. The van der Waals surface area contributed by atoms with E-state index in [1.807, 2.05) is 0 Å². The van der Waals surface area contributed by atoms with Gasteiger partial charge in [-0.15, -0.1) is 0 Å². The summed E-state index contributed by atoms with van der Waals surface area (Å²) in [6.07, 6.45) is 4.48. The van der Waals surface area contributed by atoms with E-state index in [9.17, 15) is 0 Å². The molecule has 110 valence electrons. The summed E-state index contributed by atoms with van der Waals surface area (Å²) in [4.78, 5) is 0. The van der Waals surface area contributed by atoms with Crippen molar-refractivity contribution in [1.29, 1.82) is 0 Å². The number of hydrogen-bond acceptors (Lipinski definition) is 0. The van der Waals surface area contributed by atoms with Gasteiger partial charge in [-0.05, 0) is 0 Å². The van der Waals surface area contributed by atoms with Crippen LogP contribution >= 0.6 is 0 Å². The van der Waals surface area contributed by atoms with Gasteiger partial charge in [0.2, 0.25) is 0 Å². The quantitative estimate of drug-likeness (QED) is 0.595. The van der Waals surface area contributed by atoms with Crippen molar-refractivity contribution in [3.8, 4) is 0 Å². The Balaban J connectivity index is 2.80. The van der Waals surface area contributed by atoms with E-state index in [-0.39, 0.29) is 0 Å². The van der Waals surface area contributed by atoms with E-state index in [2.05, 4.69) is 73.1 Å². The number of allylic oxidation sites excluding steroid dienone is 1. The van der Waals surface area contributed by atoms with E-state index in [1.165, 1.54) is 23.0 Å². The molecule has 0 nitrogen and oxygen atoms in total. The fraction of sp³-hybridized carbons (Fsp3) is 0.632. The molecule has 20 heavy (non-hydrogen) atoms. The summed E-state index contributed by atoms with van der Waals surface area (Å²) in [7, 11) is 0. The maximum absolute atomic E-state index is 4.32. The average molecular weight is 270 g/mol. The van der Waals surface area contributed by atoms with E-state index < -0.39 is 0 Å². The Labute approximate surface area is 126 Å². The molecule has 0 atom stereocenters. The molecule has 1 rings (SSSR count). The van der Waals surface area contributed by atoms with E-state index in [4.69, 9.17) is 0 Å². The zero-order valence-electron chi connectivity index (χ0n) is 14.3. The van der Waals surface area contributed by atoms with Crippen molar-refractivity contribution >= 4 is 6.91 Å². The van der Waals surface area contributed by atoms with Crippen LogP contribution in [0.15, 0.2) is 30.2 Å². The fourth-order valence-electron chi connectivity index (χ4n) is 2.61. The molecule has 1 aromatic heterocycles. The summed E-state index contributed by atoms with van der Waals surface area (Å²) in [5, 5.41) is 0. The van der Waals surface area contributed by atoms with E-state index in [1.54, 1.807) is 0 Å². The molecule has 0 aromatic carbocycles. The van der Waals surface area contributed by atoms with Gasteiger partial charge in [0, 0.05) is 0 Å². The molecule has 0 N–H and O–H groups in total. The standard InChI is InChI=1S/C19H31B/c1-8-19(6,7)13-15(2)12-16-10-9-11-20-17(16)14-18(3,4)5/h9-11H,2,8,12-14H2,1,3-7H3. The second kappa shape index (κ2) is 6.74. The van der Waals surface area contributed by atoms with Crippen molar-refractivity contribution in [3.63, 3.8) is 0 Å².